The molecule has 0 unspecified atom stereocenters. The molecule has 0 radical (unpaired) electrons. The van der Waals surface area contributed by atoms with Crippen LogP contribution in [0.5, 0.6) is 0 Å². The second-order valence-corrected chi connectivity index (χ2v) is 4.87. The van der Waals surface area contributed by atoms with E-state index in [1.54, 1.807) is 0 Å². The molecule has 2 heterocycles. The second-order valence-electron chi connectivity index (χ2n) is 4.87. The van der Waals surface area contributed by atoms with E-state index >= 15 is 0 Å². The molecule has 1 aliphatic heterocycles. The molecule has 0 atom stereocenters. The molecule has 3 heteroatoms. The van der Waals surface area contributed by atoms with Crippen LogP contribution in [0.3, 0.4) is 0 Å². The highest BCUT2D eigenvalue weighted by atomic mass is 15.2. The topological polar surface area (TPSA) is 31.9 Å². The fourth-order valence-corrected chi connectivity index (χ4v) is 2.56. The van der Waals surface area contributed by atoms with E-state index in [1.165, 1.54) is 37.0 Å². The second kappa shape index (κ2) is 4.49. The largest absolute Gasteiger partial charge is 0.341 e. The number of aromatic amines is 1. The number of likely N-dealkylation sites (tertiary alicyclic amines) is 1. The number of fused-ring (bicyclic) bond motifs is 1. The number of nitrogens with zero attached hydrogens (tertiary/aromatic N) is 2. The van der Waals surface area contributed by atoms with Crippen LogP contribution in [0.25, 0.3) is 11.0 Å². The number of hydrogen-bond donors (Lipinski definition) is 1. The molecule has 1 aliphatic rings. The number of imidazole rings is 1. The van der Waals surface area contributed by atoms with Crippen molar-refractivity contribution >= 4 is 11.0 Å². The molecule has 0 saturated carbocycles. The summed E-state index contributed by atoms with van der Waals surface area (Å²) in [7, 11) is 0. The lowest BCUT2D eigenvalue weighted by atomic mass is 10.1. The van der Waals surface area contributed by atoms with Crippen LogP contribution in [0.4, 0.5) is 0 Å². The number of aromatic nitrogens is 2. The standard InChI is InChI=1S/C14H19N3/c1-2-11-5-6-12-13(9-11)16-14(15-12)10-17-7-3-4-8-17/h5-6,9H,2-4,7-8,10H2,1H3,(H,15,16). The van der Waals surface area contributed by atoms with E-state index in [2.05, 4.69) is 40.0 Å². The quantitative estimate of drug-likeness (QED) is 0.877. The summed E-state index contributed by atoms with van der Waals surface area (Å²) in [6.45, 7) is 5.59. The van der Waals surface area contributed by atoms with Gasteiger partial charge in [-0.25, -0.2) is 4.98 Å². The zero-order valence-electron chi connectivity index (χ0n) is 10.4. The van der Waals surface area contributed by atoms with Crippen molar-refractivity contribution in [3.05, 3.63) is 29.6 Å². The van der Waals surface area contributed by atoms with Gasteiger partial charge in [-0.15, -0.1) is 0 Å². The number of aryl methyl sites for hydroxylation is 1. The predicted octanol–water partition coefficient (Wildman–Crippen LogP) is 2.72. The number of nitrogens with one attached hydrogen (secondary N) is 1. The van der Waals surface area contributed by atoms with E-state index in [9.17, 15) is 0 Å². The van der Waals surface area contributed by atoms with Crippen molar-refractivity contribution in [3.63, 3.8) is 0 Å². The van der Waals surface area contributed by atoms with Gasteiger partial charge < -0.3 is 4.98 Å². The lowest BCUT2D eigenvalue weighted by Gasteiger charge is -2.11. The highest BCUT2D eigenvalue weighted by molar-refractivity contribution is 5.75. The molecule has 0 amide bonds. The first-order chi connectivity index (χ1) is 8.35. The highest BCUT2D eigenvalue weighted by Gasteiger charge is 2.13. The Kier molecular flexibility index (Phi) is 2.85. The average molecular weight is 229 g/mol. The van der Waals surface area contributed by atoms with E-state index < -0.39 is 0 Å². The summed E-state index contributed by atoms with van der Waals surface area (Å²) in [4.78, 5) is 10.6. The Balaban J connectivity index is 1.85. The van der Waals surface area contributed by atoms with E-state index in [1.807, 2.05) is 0 Å². The molecule has 0 bridgehead atoms. The van der Waals surface area contributed by atoms with Gasteiger partial charge in [0.1, 0.15) is 5.82 Å². The molecule has 90 valence electrons. The SMILES string of the molecule is CCc1ccc2nc(CN3CCCC3)[nH]c2c1. The molecule has 1 aromatic carbocycles. The van der Waals surface area contributed by atoms with E-state index in [4.69, 9.17) is 0 Å². The van der Waals surface area contributed by atoms with Crippen molar-refractivity contribution in [1.29, 1.82) is 0 Å². The van der Waals surface area contributed by atoms with Crippen LogP contribution in [-0.4, -0.2) is 28.0 Å². The van der Waals surface area contributed by atoms with Gasteiger partial charge in [0.15, 0.2) is 0 Å². The molecule has 17 heavy (non-hydrogen) atoms. The van der Waals surface area contributed by atoms with Crippen LogP contribution in [0.15, 0.2) is 18.2 Å². The summed E-state index contributed by atoms with van der Waals surface area (Å²) < 4.78 is 0. The van der Waals surface area contributed by atoms with Gasteiger partial charge in [-0.1, -0.05) is 13.0 Å². The Labute approximate surface area is 102 Å². The maximum atomic E-state index is 4.65. The Morgan fingerprint density at radius 3 is 2.88 bits per heavy atom. The third-order valence-corrected chi connectivity index (χ3v) is 3.58. The number of benzene rings is 1. The molecule has 1 N–H and O–H groups in total. The summed E-state index contributed by atoms with van der Waals surface area (Å²) in [5.41, 5.74) is 3.64. The molecule has 1 aromatic heterocycles. The number of hydrogen-bond acceptors (Lipinski definition) is 2. The first-order valence-electron chi connectivity index (χ1n) is 6.55. The van der Waals surface area contributed by atoms with Gasteiger partial charge in [-0.05, 0) is 50.0 Å². The first-order valence-corrected chi connectivity index (χ1v) is 6.55. The minimum atomic E-state index is 0.968. The predicted molar refractivity (Wildman–Crippen MR) is 70.0 cm³/mol. The van der Waals surface area contributed by atoms with Crippen LogP contribution in [-0.2, 0) is 13.0 Å². The van der Waals surface area contributed by atoms with Crippen molar-refractivity contribution in [2.75, 3.05) is 13.1 Å². The summed E-state index contributed by atoms with van der Waals surface area (Å²) in [6, 6.07) is 6.51. The summed E-state index contributed by atoms with van der Waals surface area (Å²) in [6.07, 6.45) is 3.75. The van der Waals surface area contributed by atoms with Gasteiger partial charge >= 0.3 is 0 Å². The monoisotopic (exact) mass is 229 g/mol. The fourth-order valence-electron chi connectivity index (χ4n) is 2.56. The summed E-state index contributed by atoms with van der Waals surface area (Å²) in [5, 5.41) is 0. The maximum absolute atomic E-state index is 4.65. The van der Waals surface area contributed by atoms with Gasteiger partial charge in [0.2, 0.25) is 0 Å². The highest BCUT2D eigenvalue weighted by Crippen LogP contribution is 2.16. The molecular formula is C14H19N3. The van der Waals surface area contributed by atoms with Crippen LogP contribution in [0.1, 0.15) is 31.2 Å². The molecule has 0 aliphatic carbocycles. The number of rotatable bonds is 3. The zero-order valence-corrected chi connectivity index (χ0v) is 10.4. The van der Waals surface area contributed by atoms with Gasteiger partial charge in [0.05, 0.1) is 17.6 Å². The van der Waals surface area contributed by atoms with E-state index in [0.29, 0.717) is 0 Å². The minimum absolute atomic E-state index is 0.968. The normalized spacial score (nSPS) is 17.0. The maximum Gasteiger partial charge on any atom is 0.121 e. The lowest BCUT2D eigenvalue weighted by Crippen LogP contribution is -2.19. The lowest BCUT2D eigenvalue weighted by molar-refractivity contribution is 0.324. The first kappa shape index (κ1) is 10.8. The Bertz CT molecular complexity index is 509. The third-order valence-electron chi connectivity index (χ3n) is 3.58. The molecule has 3 rings (SSSR count). The van der Waals surface area contributed by atoms with Crippen molar-refractivity contribution in [3.8, 4) is 0 Å². The molecule has 1 fully saturated rings. The van der Waals surface area contributed by atoms with Crippen LogP contribution in [0, 0.1) is 0 Å². The van der Waals surface area contributed by atoms with Crippen LogP contribution < -0.4 is 0 Å². The zero-order chi connectivity index (χ0) is 11.7. The van der Waals surface area contributed by atoms with Crippen molar-refractivity contribution in [2.24, 2.45) is 0 Å². The Morgan fingerprint density at radius 1 is 1.29 bits per heavy atom. The van der Waals surface area contributed by atoms with Gasteiger partial charge in [0.25, 0.3) is 0 Å². The Hall–Kier alpha value is -1.35. The molecule has 0 spiro atoms. The van der Waals surface area contributed by atoms with Gasteiger partial charge in [0, 0.05) is 0 Å². The van der Waals surface area contributed by atoms with E-state index in [-0.39, 0.29) is 0 Å². The van der Waals surface area contributed by atoms with Gasteiger partial charge in [-0.3, -0.25) is 4.90 Å². The summed E-state index contributed by atoms with van der Waals surface area (Å²) >= 11 is 0. The average Bonchev–Trinajstić information content (AvgIpc) is 2.96. The van der Waals surface area contributed by atoms with Crippen LogP contribution >= 0.6 is 0 Å². The van der Waals surface area contributed by atoms with E-state index in [0.717, 1.165) is 24.3 Å². The summed E-state index contributed by atoms with van der Waals surface area (Å²) in [5.74, 6) is 1.11. The van der Waals surface area contributed by atoms with Crippen molar-refractivity contribution in [1.82, 2.24) is 14.9 Å². The molecule has 2 aromatic rings. The smallest absolute Gasteiger partial charge is 0.121 e. The molecular weight excluding hydrogens is 210 g/mol. The third kappa shape index (κ3) is 2.20. The minimum Gasteiger partial charge on any atom is -0.341 e. The van der Waals surface area contributed by atoms with Crippen LogP contribution in [0.2, 0.25) is 0 Å². The number of H-pyrrole nitrogens is 1. The Morgan fingerprint density at radius 2 is 2.12 bits per heavy atom. The van der Waals surface area contributed by atoms with Crippen molar-refractivity contribution < 1.29 is 0 Å². The molecule has 1 saturated heterocycles. The van der Waals surface area contributed by atoms with Crippen molar-refractivity contribution in [2.45, 2.75) is 32.7 Å². The van der Waals surface area contributed by atoms with Gasteiger partial charge in [-0.2, -0.15) is 0 Å². The fraction of sp³-hybridized carbons (Fsp3) is 0.500. The molecule has 3 nitrogen and oxygen atoms in total.